The third-order valence-corrected chi connectivity index (χ3v) is 7.58. The quantitative estimate of drug-likeness (QED) is 0.279. The van der Waals surface area contributed by atoms with Gasteiger partial charge in [0.2, 0.25) is 0 Å². The van der Waals surface area contributed by atoms with Crippen LogP contribution in [-0.4, -0.2) is 48.8 Å². The van der Waals surface area contributed by atoms with Crippen LogP contribution in [0.5, 0.6) is 11.5 Å². The summed E-state index contributed by atoms with van der Waals surface area (Å²) < 4.78 is 17.4. The van der Waals surface area contributed by atoms with E-state index >= 15 is 0 Å². The summed E-state index contributed by atoms with van der Waals surface area (Å²) in [5, 5.41) is 4.01. The van der Waals surface area contributed by atoms with E-state index in [0.717, 1.165) is 27.6 Å². The van der Waals surface area contributed by atoms with Gasteiger partial charge >= 0.3 is 12.0 Å². The van der Waals surface area contributed by atoms with E-state index in [2.05, 4.69) is 10.3 Å². The first-order chi connectivity index (χ1) is 19.4. The Labute approximate surface area is 234 Å². The number of aromatic nitrogens is 1. The Balaban J connectivity index is 1.70. The lowest BCUT2D eigenvalue weighted by Crippen LogP contribution is -2.60. The minimum Gasteiger partial charge on any atom is -0.493 e. The molecule has 40 heavy (non-hydrogen) atoms. The molecule has 8 nitrogen and oxygen atoms in total. The Hall–Kier alpha value is -4.46. The first-order valence-corrected chi connectivity index (χ1v) is 13.6. The molecule has 1 aromatic heterocycles. The average Bonchev–Trinajstić information content (AvgIpc) is 3.38. The van der Waals surface area contributed by atoms with Crippen molar-refractivity contribution >= 4 is 22.9 Å². The van der Waals surface area contributed by atoms with E-state index in [1.807, 2.05) is 79.7 Å². The number of methoxy groups -OCH3 is 1. The lowest BCUT2D eigenvalue weighted by atomic mass is 9.77. The number of amides is 2. The molecule has 0 radical (unpaired) electrons. The molecule has 4 aromatic rings. The summed E-state index contributed by atoms with van der Waals surface area (Å²) in [6, 6.07) is 23.0. The van der Waals surface area contributed by atoms with Gasteiger partial charge in [0.25, 0.3) is 0 Å². The van der Waals surface area contributed by atoms with E-state index in [1.165, 1.54) is 0 Å². The van der Waals surface area contributed by atoms with Crippen LogP contribution in [0.3, 0.4) is 0 Å². The van der Waals surface area contributed by atoms with Gasteiger partial charge in [0.15, 0.2) is 17.0 Å². The second-order valence-electron chi connectivity index (χ2n) is 9.87. The van der Waals surface area contributed by atoms with Crippen LogP contribution >= 0.6 is 0 Å². The van der Waals surface area contributed by atoms with Gasteiger partial charge in [0.1, 0.15) is 0 Å². The zero-order valence-electron chi connectivity index (χ0n) is 23.3. The third-order valence-electron chi connectivity index (χ3n) is 7.58. The van der Waals surface area contributed by atoms with Crippen molar-refractivity contribution in [2.24, 2.45) is 0 Å². The van der Waals surface area contributed by atoms with E-state index in [9.17, 15) is 9.59 Å². The summed E-state index contributed by atoms with van der Waals surface area (Å²) in [4.78, 5) is 32.8. The topological polar surface area (TPSA) is 92.9 Å². The van der Waals surface area contributed by atoms with Crippen molar-refractivity contribution in [3.63, 3.8) is 0 Å². The van der Waals surface area contributed by atoms with Crippen LogP contribution in [0, 0.1) is 0 Å². The van der Waals surface area contributed by atoms with Gasteiger partial charge in [0, 0.05) is 35.5 Å². The van der Waals surface area contributed by atoms with Crippen LogP contribution < -0.4 is 14.8 Å². The molecule has 1 unspecified atom stereocenters. The molecular weight excluding hydrogens is 506 g/mol. The summed E-state index contributed by atoms with van der Waals surface area (Å²) in [7, 11) is 1.61. The molecule has 1 aliphatic heterocycles. The monoisotopic (exact) mass is 541 g/mol. The number of benzene rings is 3. The van der Waals surface area contributed by atoms with Crippen molar-refractivity contribution in [3.8, 4) is 11.5 Å². The number of H-pyrrole nitrogens is 1. The molecule has 2 heterocycles. The largest absolute Gasteiger partial charge is 0.493 e. The molecule has 1 aliphatic rings. The van der Waals surface area contributed by atoms with E-state index in [-0.39, 0.29) is 25.1 Å². The van der Waals surface area contributed by atoms with Crippen molar-refractivity contribution in [2.75, 3.05) is 26.9 Å². The molecule has 5 rings (SSSR count). The Kier molecular flexibility index (Phi) is 7.69. The van der Waals surface area contributed by atoms with Crippen molar-refractivity contribution in [1.29, 1.82) is 0 Å². The number of esters is 1. The number of hydrogen-bond acceptors (Lipinski definition) is 5. The van der Waals surface area contributed by atoms with E-state index < -0.39 is 11.5 Å². The maximum absolute atomic E-state index is 14.0. The summed E-state index contributed by atoms with van der Waals surface area (Å²) >= 11 is 0. The molecule has 0 bridgehead atoms. The number of para-hydroxylation sites is 2. The number of nitrogens with zero attached hydrogens (tertiary/aromatic N) is 1. The molecule has 2 N–H and O–H groups in total. The van der Waals surface area contributed by atoms with Gasteiger partial charge < -0.3 is 29.4 Å². The van der Waals surface area contributed by atoms with Crippen LogP contribution in [-0.2, 0) is 21.6 Å². The van der Waals surface area contributed by atoms with Crippen LogP contribution in [0.1, 0.15) is 49.1 Å². The number of fused-ring (bicyclic) bond motifs is 3. The van der Waals surface area contributed by atoms with Crippen LogP contribution in [0.4, 0.5) is 4.79 Å². The number of urea groups is 1. The van der Waals surface area contributed by atoms with Gasteiger partial charge in [-0.1, -0.05) is 60.7 Å². The maximum atomic E-state index is 14.0. The number of ether oxygens (including phenoxy) is 3. The molecule has 0 spiro atoms. The number of rotatable bonds is 8. The van der Waals surface area contributed by atoms with Gasteiger partial charge in [-0.25, -0.2) is 9.59 Å². The second kappa shape index (κ2) is 11.3. The Morgan fingerprint density at radius 1 is 1.00 bits per heavy atom. The van der Waals surface area contributed by atoms with Crippen molar-refractivity contribution in [1.82, 2.24) is 15.2 Å². The summed E-state index contributed by atoms with van der Waals surface area (Å²) in [5.41, 5.74) is 2.88. The Bertz CT molecular complexity index is 1520. The predicted molar refractivity (Wildman–Crippen MR) is 154 cm³/mol. The summed E-state index contributed by atoms with van der Waals surface area (Å²) in [6.45, 7) is 6.63. The molecule has 8 heteroatoms. The van der Waals surface area contributed by atoms with Crippen LogP contribution in [0.15, 0.2) is 72.8 Å². The van der Waals surface area contributed by atoms with Crippen molar-refractivity contribution < 1.29 is 23.8 Å². The molecule has 2 atom stereocenters. The summed E-state index contributed by atoms with van der Waals surface area (Å²) in [5.74, 6) is 0.428. The maximum Gasteiger partial charge on any atom is 0.338 e. The predicted octanol–water partition coefficient (Wildman–Crippen LogP) is 5.71. The highest BCUT2D eigenvalue weighted by atomic mass is 16.5. The molecule has 208 valence electrons. The fourth-order valence-corrected chi connectivity index (χ4v) is 5.66. The fourth-order valence-electron chi connectivity index (χ4n) is 5.66. The van der Waals surface area contributed by atoms with Gasteiger partial charge in [0.05, 0.1) is 26.0 Å². The number of aromatic amines is 1. The highest BCUT2D eigenvalue weighted by molar-refractivity contribution is 5.94. The van der Waals surface area contributed by atoms with E-state index in [4.69, 9.17) is 14.2 Å². The lowest BCUT2D eigenvalue weighted by Gasteiger charge is -2.45. The smallest absolute Gasteiger partial charge is 0.338 e. The highest BCUT2D eigenvalue weighted by Crippen LogP contribution is 2.49. The highest BCUT2D eigenvalue weighted by Gasteiger charge is 2.53. The zero-order chi connectivity index (χ0) is 28.3. The second-order valence-corrected chi connectivity index (χ2v) is 9.87. The number of nitrogens with one attached hydrogen (secondary N) is 2. The molecule has 0 saturated carbocycles. The van der Waals surface area contributed by atoms with Crippen LogP contribution in [0.2, 0.25) is 0 Å². The molecule has 2 amide bonds. The first kappa shape index (κ1) is 27.1. The van der Waals surface area contributed by atoms with Gasteiger partial charge in [-0.2, -0.15) is 0 Å². The third kappa shape index (κ3) is 4.63. The SMILES string of the molecule is CCOC(=O)[C@]1(C)c2[nH]c3ccccc3c2C(c2cccc(OC)c2OCC)CN1C(=O)NCc1ccccc1. The number of carbonyl (C=O) groups excluding carboxylic acids is 2. The van der Waals surface area contributed by atoms with Crippen molar-refractivity contribution in [3.05, 3.63) is 95.2 Å². The fraction of sp³-hybridized carbons (Fsp3) is 0.312. The minimum atomic E-state index is -1.40. The minimum absolute atomic E-state index is 0.192. The summed E-state index contributed by atoms with van der Waals surface area (Å²) in [6.07, 6.45) is 0. The zero-order valence-corrected chi connectivity index (χ0v) is 23.3. The molecule has 3 aromatic carbocycles. The number of carbonyl (C=O) groups is 2. The van der Waals surface area contributed by atoms with Gasteiger partial charge in [-0.3, -0.25) is 0 Å². The first-order valence-electron chi connectivity index (χ1n) is 13.6. The van der Waals surface area contributed by atoms with Gasteiger partial charge in [-0.05, 0) is 44.0 Å². The molecule has 0 fully saturated rings. The Morgan fingerprint density at radius 2 is 1.75 bits per heavy atom. The normalized spacial score (nSPS) is 18.2. The van der Waals surface area contributed by atoms with E-state index in [0.29, 0.717) is 30.3 Å². The van der Waals surface area contributed by atoms with Gasteiger partial charge in [-0.15, -0.1) is 0 Å². The average molecular weight is 542 g/mol. The Morgan fingerprint density at radius 3 is 2.48 bits per heavy atom. The molecular formula is C32H35N3O5. The standard InChI is InChI=1S/C32H35N3O5/c1-5-39-28-22(16-12-18-26(28)38-4)24-20-35(31(37)33-19-21-13-8-7-9-14-21)32(3,30(36)40-6-2)29-27(24)23-15-10-11-17-25(23)34-29/h7-18,24,34H,5-6,19-20H2,1-4H3,(H,33,37)/t24?,32-/m0/s1. The van der Waals surface area contributed by atoms with Crippen molar-refractivity contribution in [2.45, 2.75) is 38.8 Å². The van der Waals surface area contributed by atoms with E-state index in [1.54, 1.807) is 25.9 Å². The van der Waals surface area contributed by atoms with Crippen LogP contribution in [0.25, 0.3) is 10.9 Å². The lowest BCUT2D eigenvalue weighted by molar-refractivity contribution is -0.156. The molecule has 0 saturated heterocycles. The molecule has 0 aliphatic carbocycles. The number of hydrogen-bond donors (Lipinski definition) is 2.